The average molecular weight is 352 g/mol. The fourth-order valence-corrected chi connectivity index (χ4v) is 3.11. The lowest BCUT2D eigenvalue weighted by atomic mass is 9.81. The van der Waals surface area contributed by atoms with Crippen molar-refractivity contribution >= 4 is 23.2 Å². The number of amides is 2. The van der Waals surface area contributed by atoms with E-state index in [4.69, 9.17) is 4.74 Å². The van der Waals surface area contributed by atoms with Gasteiger partial charge in [0.15, 0.2) is 0 Å². The van der Waals surface area contributed by atoms with E-state index in [9.17, 15) is 9.59 Å². The normalized spacial score (nSPS) is 15.0. The fourth-order valence-electron chi connectivity index (χ4n) is 3.11. The molecule has 2 aromatic rings. The molecule has 0 spiro atoms. The highest BCUT2D eigenvalue weighted by atomic mass is 16.5. The monoisotopic (exact) mass is 352 g/mol. The van der Waals surface area contributed by atoms with Crippen LogP contribution in [0, 0.1) is 0 Å². The number of rotatable bonds is 5. The number of morpholine rings is 1. The molecule has 26 heavy (non-hydrogen) atoms. The van der Waals surface area contributed by atoms with E-state index in [2.05, 4.69) is 19.2 Å². The summed E-state index contributed by atoms with van der Waals surface area (Å²) in [5.41, 5.74) is 2.44. The SMILES string of the molecule is CC(C)(CC(=O)Nc1ccc(N2CCOCC2=O)cc1)c1ccccc1. The number of hydrogen-bond donors (Lipinski definition) is 1. The van der Waals surface area contributed by atoms with Gasteiger partial charge in [-0.2, -0.15) is 0 Å². The van der Waals surface area contributed by atoms with Crippen LogP contribution >= 0.6 is 0 Å². The van der Waals surface area contributed by atoms with E-state index >= 15 is 0 Å². The van der Waals surface area contributed by atoms with Crippen molar-refractivity contribution in [2.75, 3.05) is 30.0 Å². The fraction of sp³-hybridized carbons (Fsp3) is 0.333. The van der Waals surface area contributed by atoms with E-state index in [0.717, 1.165) is 16.9 Å². The van der Waals surface area contributed by atoms with Gasteiger partial charge in [0.05, 0.1) is 6.61 Å². The van der Waals surface area contributed by atoms with Crippen molar-refractivity contribution in [1.29, 1.82) is 0 Å². The first-order valence-electron chi connectivity index (χ1n) is 8.79. The molecule has 5 nitrogen and oxygen atoms in total. The van der Waals surface area contributed by atoms with Gasteiger partial charge in [0.1, 0.15) is 6.61 Å². The van der Waals surface area contributed by atoms with Gasteiger partial charge in [0.25, 0.3) is 5.91 Å². The van der Waals surface area contributed by atoms with Crippen molar-refractivity contribution in [1.82, 2.24) is 0 Å². The molecule has 1 aliphatic heterocycles. The van der Waals surface area contributed by atoms with E-state index in [1.54, 1.807) is 4.90 Å². The lowest BCUT2D eigenvalue weighted by Gasteiger charge is -2.27. The third kappa shape index (κ3) is 4.29. The largest absolute Gasteiger partial charge is 0.370 e. The summed E-state index contributed by atoms with van der Waals surface area (Å²) in [4.78, 5) is 26.0. The average Bonchev–Trinajstić information content (AvgIpc) is 2.63. The molecular weight excluding hydrogens is 328 g/mol. The smallest absolute Gasteiger partial charge is 0.253 e. The molecule has 2 aromatic carbocycles. The van der Waals surface area contributed by atoms with Crippen LogP contribution in [-0.4, -0.2) is 31.6 Å². The zero-order valence-corrected chi connectivity index (χ0v) is 15.2. The van der Waals surface area contributed by atoms with Crippen LogP contribution in [0.4, 0.5) is 11.4 Å². The second-order valence-electron chi connectivity index (χ2n) is 7.12. The molecule has 1 fully saturated rings. The zero-order chi connectivity index (χ0) is 18.6. The summed E-state index contributed by atoms with van der Waals surface area (Å²) in [5.74, 6) is -0.0771. The van der Waals surface area contributed by atoms with Crippen molar-refractivity contribution < 1.29 is 14.3 Å². The highest BCUT2D eigenvalue weighted by molar-refractivity contribution is 5.95. The minimum absolute atomic E-state index is 0.0333. The van der Waals surface area contributed by atoms with E-state index in [1.807, 2.05) is 54.6 Å². The van der Waals surface area contributed by atoms with Crippen molar-refractivity contribution in [3.63, 3.8) is 0 Å². The molecule has 1 aliphatic rings. The van der Waals surface area contributed by atoms with Crippen LogP contribution in [0.3, 0.4) is 0 Å². The van der Waals surface area contributed by atoms with Crippen molar-refractivity contribution in [2.24, 2.45) is 0 Å². The highest BCUT2D eigenvalue weighted by Crippen LogP contribution is 2.27. The minimum Gasteiger partial charge on any atom is -0.370 e. The summed E-state index contributed by atoms with van der Waals surface area (Å²) in [5, 5.41) is 2.94. The van der Waals surface area contributed by atoms with E-state index in [0.29, 0.717) is 19.6 Å². The zero-order valence-electron chi connectivity index (χ0n) is 15.2. The molecule has 0 unspecified atom stereocenters. The second-order valence-corrected chi connectivity index (χ2v) is 7.12. The number of anilines is 2. The van der Waals surface area contributed by atoms with Crippen LogP contribution < -0.4 is 10.2 Å². The van der Waals surface area contributed by atoms with Crippen LogP contribution in [0.2, 0.25) is 0 Å². The molecule has 1 saturated heterocycles. The first-order chi connectivity index (χ1) is 12.5. The van der Waals surface area contributed by atoms with Gasteiger partial charge in [0.2, 0.25) is 5.91 Å². The molecule has 0 radical (unpaired) electrons. The van der Waals surface area contributed by atoms with Crippen molar-refractivity contribution in [3.8, 4) is 0 Å². The standard InChI is InChI=1S/C21H24N2O3/c1-21(2,16-6-4-3-5-7-16)14-19(24)22-17-8-10-18(11-9-17)23-12-13-26-15-20(23)25/h3-11H,12-15H2,1-2H3,(H,22,24). The van der Waals surface area contributed by atoms with Gasteiger partial charge < -0.3 is 15.0 Å². The van der Waals surface area contributed by atoms with Crippen LogP contribution in [0.15, 0.2) is 54.6 Å². The predicted molar refractivity (Wildman–Crippen MR) is 102 cm³/mol. The summed E-state index contributed by atoms with van der Waals surface area (Å²) in [7, 11) is 0. The van der Waals surface area contributed by atoms with Gasteiger partial charge in [-0.05, 0) is 35.2 Å². The Hall–Kier alpha value is -2.66. The molecule has 1 N–H and O–H groups in total. The number of carbonyl (C=O) groups is 2. The number of carbonyl (C=O) groups excluding carboxylic acids is 2. The number of nitrogens with zero attached hydrogens (tertiary/aromatic N) is 1. The van der Waals surface area contributed by atoms with E-state index < -0.39 is 0 Å². The summed E-state index contributed by atoms with van der Waals surface area (Å²) in [6.45, 7) is 5.34. The number of hydrogen-bond acceptors (Lipinski definition) is 3. The molecule has 0 atom stereocenters. The van der Waals surface area contributed by atoms with Crippen LogP contribution in [0.5, 0.6) is 0 Å². The van der Waals surface area contributed by atoms with Crippen molar-refractivity contribution in [3.05, 3.63) is 60.2 Å². The van der Waals surface area contributed by atoms with Crippen LogP contribution in [-0.2, 0) is 19.7 Å². The lowest BCUT2D eigenvalue weighted by Crippen LogP contribution is -2.41. The Morgan fingerprint density at radius 2 is 1.81 bits per heavy atom. The Labute approximate surface area is 154 Å². The van der Waals surface area contributed by atoms with Gasteiger partial charge in [-0.15, -0.1) is 0 Å². The Bertz CT molecular complexity index is 770. The summed E-state index contributed by atoms with van der Waals surface area (Å²) < 4.78 is 5.14. The van der Waals surface area contributed by atoms with Crippen LogP contribution in [0.25, 0.3) is 0 Å². The van der Waals surface area contributed by atoms with Gasteiger partial charge in [0, 0.05) is 24.3 Å². The minimum atomic E-state index is -0.245. The maximum absolute atomic E-state index is 12.4. The topological polar surface area (TPSA) is 58.6 Å². The number of nitrogens with one attached hydrogen (secondary N) is 1. The Kier molecular flexibility index (Phi) is 5.38. The highest BCUT2D eigenvalue weighted by Gasteiger charge is 2.24. The van der Waals surface area contributed by atoms with Crippen molar-refractivity contribution in [2.45, 2.75) is 25.7 Å². The van der Waals surface area contributed by atoms with Crippen LogP contribution in [0.1, 0.15) is 25.8 Å². The molecule has 0 saturated carbocycles. The lowest BCUT2D eigenvalue weighted by molar-refractivity contribution is -0.125. The first kappa shape index (κ1) is 18.1. The molecular formula is C21H24N2O3. The molecule has 0 bridgehead atoms. The Morgan fingerprint density at radius 3 is 2.46 bits per heavy atom. The second kappa shape index (κ2) is 7.70. The number of ether oxygens (including phenoxy) is 1. The third-order valence-corrected chi connectivity index (χ3v) is 4.61. The Balaban J connectivity index is 1.62. The summed E-state index contributed by atoms with van der Waals surface area (Å²) in [6, 6.07) is 17.4. The molecule has 0 aliphatic carbocycles. The van der Waals surface area contributed by atoms with Gasteiger partial charge in [-0.3, -0.25) is 9.59 Å². The maximum atomic E-state index is 12.4. The molecule has 5 heteroatoms. The van der Waals surface area contributed by atoms with E-state index in [1.165, 1.54) is 0 Å². The van der Waals surface area contributed by atoms with Gasteiger partial charge in [-0.25, -0.2) is 0 Å². The quantitative estimate of drug-likeness (QED) is 0.898. The summed E-state index contributed by atoms with van der Waals surface area (Å²) in [6.07, 6.45) is 0.390. The third-order valence-electron chi connectivity index (χ3n) is 4.61. The number of benzene rings is 2. The summed E-state index contributed by atoms with van der Waals surface area (Å²) >= 11 is 0. The molecule has 136 valence electrons. The molecule has 0 aromatic heterocycles. The Morgan fingerprint density at radius 1 is 1.12 bits per heavy atom. The van der Waals surface area contributed by atoms with Gasteiger partial charge in [-0.1, -0.05) is 44.2 Å². The predicted octanol–water partition coefficient (Wildman–Crippen LogP) is 3.36. The molecule has 2 amide bonds. The maximum Gasteiger partial charge on any atom is 0.253 e. The first-order valence-corrected chi connectivity index (χ1v) is 8.79. The molecule has 1 heterocycles. The van der Waals surface area contributed by atoms with E-state index in [-0.39, 0.29) is 23.8 Å². The van der Waals surface area contributed by atoms with Gasteiger partial charge >= 0.3 is 0 Å². The molecule has 3 rings (SSSR count).